The molecular weight excluding hydrogens is 206 g/mol. The van der Waals surface area contributed by atoms with Gasteiger partial charge in [-0.25, -0.2) is 5.43 Å². The van der Waals surface area contributed by atoms with Crippen LogP contribution in [0.15, 0.2) is 52.6 Å². The molecule has 0 aliphatic rings. The molecule has 0 radical (unpaired) electrons. The second kappa shape index (κ2) is 4.88. The van der Waals surface area contributed by atoms with Crippen LogP contribution in [0.3, 0.4) is 0 Å². The maximum atomic E-state index is 11.5. The number of aromatic nitrogens is 1. The quantitative estimate of drug-likeness (QED) is 0.622. The average molecular weight is 215 g/mol. The Labute approximate surface area is 91.8 Å². The van der Waals surface area contributed by atoms with Crippen LogP contribution in [-0.4, -0.2) is 17.1 Å². The molecule has 1 amide bonds. The number of rotatable bonds is 3. The van der Waals surface area contributed by atoms with E-state index in [1.807, 2.05) is 0 Å². The van der Waals surface area contributed by atoms with Crippen molar-refractivity contribution >= 4 is 12.1 Å². The second-order valence-electron chi connectivity index (χ2n) is 3.00. The Hall–Kier alpha value is -2.43. The number of hydrogen-bond donors (Lipinski definition) is 1. The Bertz CT molecular complexity index is 477. The van der Waals surface area contributed by atoms with E-state index in [1.165, 1.54) is 24.9 Å². The van der Waals surface area contributed by atoms with E-state index >= 15 is 0 Å². The summed E-state index contributed by atoms with van der Waals surface area (Å²) >= 11 is 0. The highest BCUT2D eigenvalue weighted by Gasteiger charge is 2.02. The highest BCUT2D eigenvalue weighted by molar-refractivity contribution is 5.94. The van der Waals surface area contributed by atoms with E-state index in [4.69, 9.17) is 4.42 Å². The molecule has 0 saturated carbocycles. The van der Waals surface area contributed by atoms with Gasteiger partial charge in [0, 0.05) is 18.0 Å². The van der Waals surface area contributed by atoms with Gasteiger partial charge in [0.1, 0.15) is 0 Å². The minimum Gasteiger partial charge on any atom is -0.472 e. The number of furan rings is 1. The molecule has 5 nitrogen and oxygen atoms in total. The molecule has 2 aromatic heterocycles. The molecule has 0 aliphatic heterocycles. The zero-order valence-corrected chi connectivity index (χ0v) is 8.33. The fraction of sp³-hybridized carbons (Fsp3) is 0. The van der Waals surface area contributed by atoms with E-state index in [2.05, 4.69) is 15.5 Å². The van der Waals surface area contributed by atoms with Gasteiger partial charge in [0.2, 0.25) is 0 Å². The zero-order chi connectivity index (χ0) is 11.2. The largest absolute Gasteiger partial charge is 0.472 e. The Kier molecular flexibility index (Phi) is 3.08. The Morgan fingerprint density at radius 3 is 3.12 bits per heavy atom. The lowest BCUT2D eigenvalue weighted by Crippen LogP contribution is -2.17. The van der Waals surface area contributed by atoms with Crippen LogP contribution in [0.4, 0.5) is 0 Å². The number of hydrazone groups is 1. The lowest BCUT2D eigenvalue weighted by atomic mass is 10.3. The zero-order valence-electron chi connectivity index (χ0n) is 8.33. The minimum absolute atomic E-state index is 0.298. The first kappa shape index (κ1) is 10.1. The van der Waals surface area contributed by atoms with E-state index in [-0.39, 0.29) is 5.91 Å². The van der Waals surface area contributed by atoms with Crippen LogP contribution in [0.5, 0.6) is 0 Å². The van der Waals surface area contributed by atoms with E-state index in [1.54, 1.807) is 24.4 Å². The molecule has 2 aromatic rings. The van der Waals surface area contributed by atoms with Crippen LogP contribution in [0.1, 0.15) is 15.9 Å². The van der Waals surface area contributed by atoms with E-state index in [0.29, 0.717) is 5.56 Å². The molecule has 5 heteroatoms. The predicted octanol–water partition coefficient (Wildman–Crippen LogP) is 1.44. The van der Waals surface area contributed by atoms with Gasteiger partial charge in [-0.2, -0.15) is 5.10 Å². The molecule has 0 aliphatic carbocycles. The van der Waals surface area contributed by atoms with Gasteiger partial charge >= 0.3 is 0 Å². The maximum absolute atomic E-state index is 11.5. The van der Waals surface area contributed by atoms with Crippen molar-refractivity contribution in [1.29, 1.82) is 0 Å². The molecule has 2 rings (SSSR count). The summed E-state index contributed by atoms with van der Waals surface area (Å²) in [5.41, 5.74) is 3.63. The summed E-state index contributed by atoms with van der Waals surface area (Å²) in [6.45, 7) is 0. The van der Waals surface area contributed by atoms with Gasteiger partial charge in [-0.1, -0.05) is 0 Å². The molecular formula is C11H9N3O2. The van der Waals surface area contributed by atoms with Crippen LogP contribution >= 0.6 is 0 Å². The highest BCUT2D eigenvalue weighted by atomic mass is 16.3. The molecule has 80 valence electrons. The van der Waals surface area contributed by atoms with Gasteiger partial charge in [0.25, 0.3) is 5.91 Å². The van der Waals surface area contributed by atoms with Crippen LogP contribution in [0, 0.1) is 0 Å². The van der Waals surface area contributed by atoms with E-state index < -0.39 is 0 Å². The SMILES string of the molecule is O=C(NN=Cc1ccoc1)c1cccnc1. The van der Waals surface area contributed by atoms with Crippen LogP contribution in [0.2, 0.25) is 0 Å². The number of carbonyl (C=O) groups is 1. The van der Waals surface area contributed by atoms with Gasteiger partial charge in [-0.15, -0.1) is 0 Å². The standard InChI is InChI=1S/C11H9N3O2/c15-11(10-2-1-4-12-7-10)14-13-6-9-3-5-16-8-9/h1-8H,(H,14,15). The molecule has 0 fully saturated rings. The third kappa shape index (κ3) is 2.54. The van der Waals surface area contributed by atoms with Gasteiger partial charge in [0.05, 0.1) is 24.3 Å². The lowest BCUT2D eigenvalue weighted by molar-refractivity contribution is 0.0955. The number of pyridine rings is 1. The van der Waals surface area contributed by atoms with Crippen molar-refractivity contribution in [3.05, 3.63) is 54.2 Å². The van der Waals surface area contributed by atoms with Crippen molar-refractivity contribution < 1.29 is 9.21 Å². The van der Waals surface area contributed by atoms with Crippen molar-refractivity contribution in [2.45, 2.75) is 0 Å². The van der Waals surface area contributed by atoms with Crippen LogP contribution in [-0.2, 0) is 0 Å². The van der Waals surface area contributed by atoms with Crippen molar-refractivity contribution in [2.75, 3.05) is 0 Å². The topological polar surface area (TPSA) is 67.5 Å². The van der Waals surface area contributed by atoms with Crippen LogP contribution < -0.4 is 5.43 Å². The van der Waals surface area contributed by atoms with Crippen LogP contribution in [0.25, 0.3) is 0 Å². The number of nitrogens with zero attached hydrogens (tertiary/aromatic N) is 2. The Morgan fingerprint density at radius 1 is 1.50 bits per heavy atom. The third-order valence-electron chi connectivity index (χ3n) is 1.85. The number of amides is 1. The van der Waals surface area contributed by atoms with Gasteiger partial charge in [0.15, 0.2) is 0 Å². The Morgan fingerprint density at radius 2 is 2.44 bits per heavy atom. The molecule has 16 heavy (non-hydrogen) atoms. The number of nitrogens with one attached hydrogen (secondary N) is 1. The van der Waals surface area contributed by atoms with Gasteiger partial charge in [-0.3, -0.25) is 9.78 Å². The van der Waals surface area contributed by atoms with E-state index in [0.717, 1.165) is 5.56 Å². The molecule has 0 unspecified atom stereocenters. The van der Waals surface area contributed by atoms with Gasteiger partial charge in [-0.05, 0) is 18.2 Å². The first-order valence-electron chi connectivity index (χ1n) is 4.62. The molecule has 0 atom stereocenters. The molecule has 0 spiro atoms. The monoisotopic (exact) mass is 215 g/mol. The summed E-state index contributed by atoms with van der Waals surface area (Å²) in [6, 6.07) is 5.09. The Balaban J connectivity index is 1.94. The van der Waals surface area contributed by atoms with Crippen molar-refractivity contribution in [1.82, 2.24) is 10.4 Å². The summed E-state index contributed by atoms with van der Waals surface area (Å²) in [7, 11) is 0. The smallest absolute Gasteiger partial charge is 0.272 e. The third-order valence-corrected chi connectivity index (χ3v) is 1.85. The second-order valence-corrected chi connectivity index (χ2v) is 3.00. The average Bonchev–Trinajstić information content (AvgIpc) is 2.83. The molecule has 0 aromatic carbocycles. The van der Waals surface area contributed by atoms with Crippen molar-refractivity contribution in [2.24, 2.45) is 5.10 Å². The number of hydrogen-bond acceptors (Lipinski definition) is 4. The lowest BCUT2D eigenvalue weighted by Gasteiger charge is -1.97. The fourth-order valence-electron chi connectivity index (χ4n) is 1.08. The minimum atomic E-state index is -0.298. The highest BCUT2D eigenvalue weighted by Crippen LogP contribution is 1.96. The van der Waals surface area contributed by atoms with Crippen molar-refractivity contribution in [3.63, 3.8) is 0 Å². The molecule has 0 bridgehead atoms. The maximum Gasteiger partial charge on any atom is 0.272 e. The predicted molar refractivity (Wildman–Crippen MR) is 58.0 cm³/mol. The van der Waals surface area contributed by atoms with Crippen molar-refractivity contribution in [3.8, 4) is 0 Å². The summed E-state index contributed by atoms with van der Waals surface area (Å²) in [6.07, 6.45) is 7.63. The fourth-order valence-corrected chi connectivity index (χ4v) is 1.08. The number of carbonyl (C=O) groups excluding carboxylic acids is 1. The first-order chi connectivity index (χ1) is 7.86. The normalized spacial score (nSPS) is 10.5. The molecule has 2 heterocycles. The summed E-state index contributed by atoms with van der Waals surface area (Å²) < 4.78 is 4.84. The van der Waals surface area contributed by atoms with E-state index in [9.17, 15) is 4.79 Å². The summed E-state index contributed by atoms with van der Waals surface area (Å²) in [5, 5.41) is 3.78. The van der Waals surface area contributed by atoms with Gasteiger partial charge < -0.3 is 4.42 Å². The molecule has 1 N–H and O–H groups in total. The summed E-state index contributed by atoms with van der Waals surface area (Å²) in [4.78, 5) is 15.3. The first-order valence-corrected chi connectivity index (χ1v) is 4.62. The molecule has 0 saturated heterocycles. The summed E-state index contributed by atoms with van der Waals surface area (Å²) in [5.74, 6) is -0.298.